The minimum absolute atomic E-state index is 0.116. The molecule has 7 nitrogen and oxygen atoms in total. The third-order valence-corrected chi connectivity index (χ3v) is 2.43. The molecule has 0 aliphatic carbocycles. The van der Waals surface area contributed by atoms with Gasteiger partial charge in [0.1, 0.15) is 0 Å². The molecule has 1 rings (SSSR count). The third-order valence-electron chi connectivity index (χ3n) is 2.43. The number of hydrogen-bond donors (Lipinski definition) is 3. The smallest absolute Gasteiger partial charge is 0.305 e. The molecule has 0 saturated carbocycles. The first-order valence-electron chi connectivity index (χ1n) is 5.85. The molecule has 1 aromatic rings. The van der Waals surface area contributed by atoms with E-state index in [-0.39, 0.29) is 18.7 Å². The van der Waals surface area contributed by atoms with Crippen LogP contribution in [-0.2, 0) is 9.59 Å². The molecular weight excluding hydrogens is 252 g/mol. The topological polar surface area (TPSA) is 109 Å². The zero-order chi connectivity index (χ0) is 14.3. The molecule has 0 saturated heterocycles. The SMILES string of the molecule is CCC(CC(=O)O)NC(=O)CNC(=O)c1ccco1. The van der Waals surface area contributed by atoms with Crippen LogP contribution in [0.3, 0.4) is 0 Å². The van der Waals surface area contributed by atoms with E-state index in [1.807, 2.05) is 0 Å². The Bertz CT molecular complexity index is 441. The van der Waals surface area contributed by atoms with Crippen molar-refractivity contribution >= 4 is 17.8 Å². The van der Waals surface area contributed by atoms with Crippen LogP contribution in [0.4, 0.5) is 0 Å². The summed E-state index contributed by atoms with van der Waals surface area (Å²) < 4.78 is 4.86. The second kappa shape index (κ2) is 7.20. The first-order chi connectivity index (χ1) is 9.02. The number of amides is 2. The summed E-state index contributed by atoms with van der Waals surface area (Å²) in [6, 6.07) is 2.60. The number of carboxylic acid groups (broad SMARTS) is 1. The molecule has 0 bridgehead atoms. The van der Waals surface area contributed by atoms with Crippen LogP contribution in [0.25, 0.3) is 0 Å². The molecule has 0 fully saturated rings. The molecule has 19 heavy (non-hydrogen) atoms. The minimum atomic E-state index is -0.980. The molecule has 1 aromatic heterocycles. The Morgan fingerprint density at radius 1 is 1.42 bits per heavy atom. The molecule has 0 spiro atoms. The molecule has 1 unspecified atom stereocenters. The lowest BCUT2D eigenvalue weighted by atomic mass is 10.1. The molecule has 1 atom stereocenters. The number of nitrogens with one attached hydrogen (secondary N) is 2. The van der Waals surface area contributed by atoms with Crippen molar-refractivity contribution in [2.45, 2.75) is 25.8 Å². The van der Waals surface area contributed by atoms with Crippen LogP contribution in [0.5, 0.6) is 0 Å². The number of rotatable bonds is 7. The lowest BCUT2D eigenvalue weighted by Gasteiger charge is -2.14. The molecule has 0 aromatic carbocycles. The molecule has 104 valence electrons. The van der Waals surface area contributed by atoms with Gasteiger partial charge >= 0.3 is 5.97 Å². The van der Waals surface area contributed by atoms with Crippen LogP contribution in [0.15, 0.2) is 22.8 Å². The number of carboxylic acids is 1. The molecule has 7 heteroatoms. The van der Waals surface area contributed by atoms with E-state index in [1.54, 1.807) is 13.0 Å². The molecule has 0 aliphatic heterocycles. The summed E-state index contributed by atoms with van der Waals surface area (Å²) in [6.07, 6.45) is 1.72. The summed E-state index contributed by atoms with van der Waals surface area (Å²) in [5, 5.41) is 13.5. The predicted octanol–water partition coefficient (Wildman–Crippen LogP) is 0.379. The molecule has 3 N–H and O–H groups in total. The Morgan fingerprint density at radius 3 is 2.68 bits per heavy atom. The van der Waals surface area contributed by atoms with Crippen LogP contribution < -0.4 is 10.6 Å². The highest BCUT2D eigenvalue weighted by atomic mass is 16.4. The number of furan rings is 1. The average molecular weight is 268 g/mol. The Kier molecular flexibility index (Phi) is 5.59. The fourth-order valence-electron chi connectivity index (χ4n) is 1.44. The highest BCUT2D eigenvalue weighted by Crippen LogP contribution is 1.99. The quantitative estimate of drug-likeness (QED) is 0.662. The van der Waals surface area contributed by atoms with E-state index < -0.39 is 23.8 Å². The van der Waals surface area contributed by atoms with Crippen LogP contribution in [0.2, 0.25) is 0 Å². The number of aliphatic carboxylic acids is 1. The summed E-state index contributed by atoms with van der Waals surface area (Å²) in [7, 11) is 0. The van der Waals surface area contributed by atoms with Gasteiger partial charge in [0.2, 0.25) is 5.91 Å². The number of carbonyl (C=O) groups excluding carboxylic acids is 2. The average Bonchev–Trinajstić information content (AvgIpc) is 2.88. The maximum absolute atomic E-state index is 11.5. The van der Waals surface area contributed by atoms with Gasteiger partial charge in [-0.2, -0.15) is 0 Å². The van der Waals surface area contributed by atoms with Crippen molar-refractivity contribution in [1.82, 2.24) is 10.6 Å². The van der Waals surface area contributed by atoms with Gasteiger partial charge < -0.3 is 20.2 Å². The zero-order valence-electron chi connectivity index (χ0n) is 10.5. The molecule has 0 aliphatic rings. The van der Waals surface area contributed by atoms with Crippen molar-refractivity contribution in [3.8, 4) is 0 Å². The normalized spacial score (nSPS) is 11.6. The monoisotopic (exact) mass is 268 g/mol. The molecule has 0 radical (unpaired) electrons. The van der Waals surface area contributed by atoms with E-state index in [0.717, 1.165) is 0 Å². The first-order valence-corrected chi connectivity index (χ1v) is 5.85. The maximum atomic E-state index is 11.5. The van der Waals surface area contributed by atoms with Crippen LogP contribution in [0, 0.1) is 0 Å². The van der Waals surface area contributed by atoms with Crippen molar-refractivity contribution in [1.29, 1.82) is 0 Å². The predicted molar refractivity (Wildman–Crippen MR) is 65.5 cm³/mol. The molecule has 1 heterocycles. The summed E-state index contributed by atoms with van der Waals surface area (Å²) in [4.78, 5) is 33.5. The Labute approximate surface area is 110 Å². The van der Waals surface area contributed by atoms with E-state index in [4.69, 9.17) is 9.52 Å². The standard InChI is InChI=1S/C12H16N2O5/c1-2-8(6-11(16)17)14-10(15)7-13-12(18)9-4-3-5-19-9/h3-5,8H,2,6-7H2,1H3,(H,13,18)(H,14,15)(H,16,17). The van der Waals surface area contributed by atoms with E-state index in [1.165, 1.54) is 12.3 Å². The largest absolute Gasteiger partial charge is 0.481 e. The summed E-state index contributed by atoms with van der Waals surface area (Å²) in [5.41, 5.74) is 0. The van der Waals surface area contributed by atoms with Gasteiger partial charge in [0.15, 0.2) is 5.76 Å². The van der Waals surface area contributed by atoms with Crippen LogP contribution in [0.1, 0.15) is 30.3 Å². The van der Waals surface area contributed by atoms with Crippen molar-refractivity contribution in [3.05, 3.63) is 24.2 Å². The van der Waals surface area contributed by atoms with E-state index in [0.29, 0.717) is 6.42 Å². The lowest BCUT2D eigenvalue weighted by molar-refractivity contribution is -0.137. The van der Waals surface area contributed by atoms with E-state index >= 15 is 0 Å². The molecular formula is C12H16N2O5. The first kappa shape index (κ1) is 14.7. The van der Waals surface area contributed by atoms with Crippen molar-refractivity contribution in [3.63, 3.8) is 0 Å². The van der Waals surface area contributed by atoms with Gasteiger partial charge in [-0.25, -0.2) is 0 Å². The Hall–Kier alpha value is -2.31. The summed E-state index contributed by atoms with van der Waals surface area (Å²) in [6.45, 7) is 1.55. The van der Waals surface area contributed by atoms with E-state index in [2.05, 4.69) is 10.6 Å². The van der Waals surface area contributed by atoms with Gasteiger partial charge in [0.05, 0.1) is 19.2 Å². The number of carbonyl (C=O) groups is 3. The highest BCUT2D eigenvalue weighted by molar-refractivity contribution is 5.94. The van der Waals surface area contributed by atoms with Gasteiger partial charge in [-0.1, -0.05) is 6.92 Å². The van der Waals surface area contributed by atoms with Gasteiger partial charge in [-0.05, 0) is 18.6 Å². The van der Waals surface area contributed by atoms with Crippen LogP contribution >= 0.6 is 0 Å². The van der Waals surface area contributed by atoms with Crippen molar-refractivity contribution in [2.75, 3.05) is 6.54 Å². The zero-order valence-corrected chi connectivity index (χ0v) is 10.5. The lowest BCUT2D eigenvalue weighted by Crippen LogP contribution is -2.42. The van der Waals surface area contributed by atoms with Crippen molar-refractivity contribution in [2.24, 2.45) is 0 Å². The number of hydrogen-bond acceptors (Lipinski definition) is 4. The highest BCUT2D eigenvalue weighted by Gasteiger charge is 2.15. The second-order valence-electron chi connectivity index (χ2n) is 3.93. The Morgan fingerprint density at radius 2 is 2.16 bits per heavy atom. The third kappa shape index (κ3) is 5.24. The fourth-order valence-corrected chi connectivity index (χ4v) is 1.44. The van der Waals surface area contributed by atoms with Gasteiger partial charge in [0, 0.05) is 6.04 Å². The van der Waals surface area contributed by atoms with Gasteiger partial charge in [0.25, 0.3) is 5.91 Å². The minimum Gasteiger partial charge on any atom is -0.481 e. The second-order valence-corrected chi connectivity index (χ2v) is 3.93. The summed E-state index contributed by atoms with van der Waals surface area (Å²) in [5.74, 6) is -1.79. The Balaban J connectivity index is 2.34. The van der Waals surface area contributed by atoms with Gasteiger partial charge in [-0.15, -0.1) is 0 Å². The fraction of sp³-hybridized carbons (Fsp3) is 0.417. The molecule has 2 amide bonds. The van der Waals surface area contributed by atoms with E-state index in [9.17, 15) is 14.4 Å². The maximum Gasteiger partial charge on any atom is 0.305 e. The van der Waals surface area contributed by atoms with Gasteiger partial charge in [-0.3, -0.25) is 14.4 Å². The van der Waals surface area contributed by atoms with Crippen molar-refractivity contribution < 1.29 is 23.9 Å². The summed E-state index contributed by atoms with van der Waals surface area (Å²) >= 11 is 0. The van der Waals surface area contributed by atoms with Crippen LogP contribution in [-0.4, -0.2) is 35.5 Å².